The molecular weight excluding hydrogens is 354 g/mol. The van der Waals surface area contributed by atoms with Crippen LogP contribution in [-0.4, -0.2) is 29.1 Å². The first-order valence-electron chi connectivity index (χ1n) is 9.54. The van der Waals surface area contributed by atoms with Gasteiger partial charge in [0.05, 0.1) is 6.04 Å². The van der Waals surface area contributed by atoms with Crippen molar-refractivity contribution in [2.45, 2.75) is 51.7 Å². The van der Waals surface area contributed by atoms with Crippen molar-refractivity contribution in [1.29, 1.82) is 0 Å². The third-order valence-corrected chi connectivity index (χ3v) is 3.93. The van der Waals surface area contributed by atoms with Crippen molar-refractivity contribution in [2.24, 2.45) is 0 Å². The van der Waals surface area contributed by atoms with Gasteiger partial charge in [0, 0.05) is 31.3 Å². The Balaban J connectivity index is 1.84. The molecular formula is C22H29N3O3. The molecule has 0 bridgehead atoms. The number of hydrogen-bond donors (Lipinski definition) is 2. The van der Waals surface area contributed by atoms with Gasteiger partial charge in [-0.25, -0.2) is 4.79 Å². The minimum Gasteiger partial charge on any atom is -0.444 e. The first-order valence-corrected chi connectivity index (χ1v) is 9.54. The zero-order chi connectivity index (χ0) is 20.4. The van der Waals surface area contributed by atoms with E-state index in [1.165, 1.54) is 0 Å². The van der Waals surface area contributed by atoms with Gasteiger partial charge >= 0.3 is 6.09 Å². The van der Waals surface area contributed by atoms with Crippen LogP contribution in [-0.2, 0) is 16.0 Å². The number of nitrogens with zero attached hydrogens (tertiary/aromatic N) is 1. The highest BCUT2D eigenvalue weighted by Gasteiger charge is 2.17. The first-order chi connectivity index (χ1) is 13.3. The van der Waals surface area contributed by atoms with E-state index in [1.807, 2.05) is 69.3 Å². The molecule has 150 valence electrons. The topological polar surface area (TPSA) is 80.3 Å². The van der Waals surface area contributed by atoms with Gasteiger partial charge in [0.25, 0.3) is 0 Å². The number of alkyl carbamates (subject to hydrolysis) is 1. The maximum atomic E-state index is 12.4. The normalized spacial score (nSPS) is 12.1. The predicted octanol–water partition coefficient (Wildman–Crippen LogP) is 3.79. The molecule has 0 radical (unpaired) electrons. The van der Waals surface area contributed by atoms with Crippen LogP contribution >= 0.6 is 0 Å². The van der Waals surface area contributed by atoms with Crippen molar-refractivity contribution in [3.05, 3.63) is 66.0 Å². The zero-order valence-corrected chi connectivity index (χ0v) is 16.8. The molecule has 6 heteroatoms. The molecule has 1 unspecified atom stereocenters. The number of benzene rings is 1. The number of aromatic nitrogens is 1. The molecule has 2 aromatic rings. The molecule has 0 saturated heterocycles. The number of ether oxygens (including phenoxy) is 1. The van der Waals surface area contributed by atoms with Gasteiger partial charge in [0.1, 0.15) is 5.60 Å². The standard InChI is InChI=1S/C22H29N3O3/c1-22(2,3)28-21(27)24-15-9-13-20(26)25-19(17-10-5-4-6-11-17)16-18-12-7-8-14-23-18/h4-8,10-12,14,19H,9,13,15-16H2,1-3H3,(H,24,27)(H,25,26). The van der Waals surface area contributed by atoms with Gasteiger partial charge in [-0.3, -0.25) is 9.78 Å². The van der Waals surface area contributed by atoms with E-state index >= 15 is 0 Å². The van der Waals surface area contributed by atoms with Crippen molar-refractivity contribution in [3.8, 4) is 0 Å². The van der Waals surface area contributed by atoms with Crippen LogP contribution in [0.25, 0.3) is 0 Å². The number of hydrogen-bond acceptors (Lipinski definition) is 4. The van der Waals surface area contributed by atoms with Crippen LogP contribution in [0.4, 0.5) is 4.79 Å². The van der Waals surface area contributed by atoms with Crippen LogP contribution in [0.15, 0.2) is 54.7 Å². The molecule has 1 heterocycles. The van der Waals surface area contributed by atoms with Gasteiger partial charge in [-0.05, 0) is 44.9 Å². The van der Waals surface area contributed by atoms with Crippen LogP contribution < -0.4 is 10.6 Å². The lowest BCUT2D eigenvalue weighted by molar-refractivity contribution is -0.121. The number of carbonyl (C=O) groups is 2. The summed E-state index contributed by atoms with van der Waals surface area (Å²) >= 11 is 0. The third kappa shape index (κ3) is 8.20. The Morgan fingerprint density at radius 2 is 1.79 bits per heavy atom. The maximum Gasteiger partial charge on any atom is 0.407 e. The SMILES string of the molecule is CC(C)(C)OC(=O)NCCCC(=O)NC(Cc1ccccn1)c1ccccc1. The van der Waals surface area contributed by atoms with Crippen molar-refractivity contribution >= 4 is 12.0 Å². The van der Waals surface area contributed by atoms with E-state index < -0.39 is 11.7 Å². The number of nitrogens with one attached hydrogen (secondary N) is 2. The Labute approximate surface area is 166 Å². The van der Waals surface area contributed by atoms with Crippen molar-refractivity contribution in [2.75, 3.05) is 6.54 Å². The Morgan fingerprint density at radius 3 is 2.43 bits per heavy atom. The van der Waals surface area contributed by atoms with Crippen LogP contribution in [0.3, 0.4) is 0 Å². The second kappa shape index (κ2) is 10.4. The van der Waals surface area contributed by atoms with E-state index in [4.69, 9.17) is 4.74 Å². The highest BCUT2D eigenvalue weighted by molar-refractivity contribution is 5.76. The molecule has 1 aromatic carbocycles. The van der Waals surface area contributed by atoms with Crippen LogP contribution in [0.1, 0.15) is 50.9 Å². The quantitative estimate of drug-likeness (QED) is 0.680. The van der Waals surface area contributed by atoms with Gasteiger partial charge in [0.2, 0.25) is 5.91 Å². The highest BCUT2D eigenvalue weighted by atomic mass is 16.6. The summed E-state index contributed by atoms with van der Waals surface area (Å²) in [5, 5.41) is 5.75. The van der Waals surface area contributed by atoms with E-state index in [9.17, 15) is 9.59 Å². The molecule has 0 saturated carbocycles. The van der Waals surface area contributed by atoms with Crippen molar-refractivity contribution in [1.82, 2.24) is 15.6 Å². The molecule has 0 spiro atoms. The van der Waals surface area contributed by atoms with Gasteiger partial charge < -0.3 is 15.4 Å². The summed E-state index contributed by atoms with van der Waals surface area (Å²) in [6, 6.07) is 15.5. The minimum atomic E-state index is -0.532. The Kier molecular flexibility index (Phi) is 7.99. The first kappa shape index (κ1) is 21.4. The summed E-state index contributed by atoms with van der Waals surface area (Å²) < 4.78 is 5.18. The smallest absolute Gasteiger partial charge is 0.407 e. The summed E-state index contributed by atoms with van der Waals surface area (Å²) in [5.41, 5.74) is 1.42. The van der Waals surface area contributed by atoms with Gasteiger partial charge in [0.15, 0.2) is 0 Å². The molecule has 6 nitrogen and oxygen atoms in total. The lowest BCUT2D eigenvalue weighted by Crippen LogP contribution is -2.34. The molecule has 2 N–H and O–H groups in total. The van der Waals surface area contributed by atoms with Gasteiger partial charge in [-0.1, -0.05) is 36.4 Å². The maximum absolute atomic E-state index is 12.4. The zero-order valence-electron chi connectivity index (χ0n) is 16.8. The Morgan fingerprint density at radius 1 is 1.07 bits per heavy atom. The molecule has 2 amide bonds. The molecule has 0 aliphatic heterocycles. The number of amides is 2. The highest BCUT2D eigenvalue weighted by Crippen LogP contribution is 2.17. The number of pyridine rings is 1. The van der Waals surface area contributed by atoms with E-state index in [2.05, 4.69) is 15.6 Å². The molecule has 28 heavy (non-hydrogen) atoms. The van der Waals surface area contributed by atoms with E-state index in [0.717, 1.165) is 11.3 Å². The molecule has 2 rings (SSSR count). The summed E-state index contributed by atoms with van der Waals surface area (Å²) in [7, 11) is 0. The molecule has 1 atom stereocenters. The minimum absolute atomic E-state index is 0.0595. The van der Waals surface area contributed by atoms with E-state index in [1.54, 1.807) is 6.20 Å². The number of carbonyl (C=O) groups excluding carboxylic acids is 2. The fraction of sp³-hybridized carbons (Fsp3) is 0.409. The second-order valence-corrected chi connectivity index (χ2v) is 7.59. The lowest BCUT2D eigenvalue weighted by Gasteiger charge is -2.20. The second-order valence-electron chi connectivity index (χ2n) is 7.59. The van der Waals surface area contributed by atoms with Crippen molar-refractivity contribution in [3.63, 3.8) is 0 Å². The van der Waals surface area contributed by atoms with Crippen LogP contribution in [0, 0.1) is 0 Å². The fourth-order valence-electron chi connectivity index (χ4n) is 2.69. The van der Waals surface area contributed by atoms with E-state index in [-0.39, 0.29) is 11.9 Å². The third-order valence-electron chi connectivity index (χ3n) is 3.93. The summed E-state index contributed by atoms with van der Waals surface area (Å²) in [4.78, 5) is 28.4. The predicted molar refractivity (Wildman–Crippen MR) is 109 cm³/mol. The largest absolute Gasteiger partial charge is 0.444 e. The fourth-order valence-corrected chi connectivity index (χ4v) is 2.69. The molecule has 1 aromatic heterocycles. The van der Waals surface area contributed by atoms with Crippen LogP contribution in [0.5, 0.6) is 0 Å². The summed E-state index contributed by atoms with van der Waals surface area (Å²) in [6.07, 6.45) is 2.76. The van der Waals surface area contributed by atoms with Crippen LogP contribution in [0.2, 0.25) is 0 Å². The molecule has 0 aliphatic carbocycles. The average molecular weight is 383 g/mol. The Bertz CT molecular complexity index is 743. The summed E-state index contributed by atoms with van der Waals surface area (Å²) in [5.74, 6) is -0.0595. The lowest BCUT2D eigenvalue weighted by atomic mass is 10.0. The van der Waals surface area contributed by atoms with Crippen molar-refractivity contribution < 1.29 is 14.3 Å². The van der Waals surface area contributed by atoms with E-state index in [0.29, 0.717) is 25.8 Å². The van der Waals surface area contributed by atoms with Gasteiger partial charge in [-0.2, -0.15) is 0 Å². The monoisotopic (exact) mass is 383 g/mol. The molecule has 0 fully saturated rings. The molecule has 0 aliphatic rings. The van der Waals surface area contributed by atoms with Gasteiger partial charge in [-0.15, -0.1) is 0 Å². The Hall–Kier alpha value is -2.89. The number of rotatable bonds is 8. The average Bonchev–Trinajstić information content (AvgIpc) is 2.65. The summed E-state index contributed by atoms with van der Waals surface area (Å²) in [6.45, 7) is 5.82.